The van der Waals surface area contributed by atoms with Crippen LogP contribution in [0.3, 0.4) is 0 Å². The lowest BCUT2D eigenvalue weighted by atomic mass is 10.2. The third-order valence-corrected chi connectivity index (χ3v) is 2.96. The summed E-state index contributed by atoms with van der Waals surface area (Å²) in [5.41, 5.74) is -0.528. The first-order valence-corrected chi connectivity index (χ1v) is 6.49. The Labute approximate surface area is 121 Å². The molecular formula is C14H17F2NO4. The molecule has 0 bridgehead atoms. The van der Waals surface area contributed by atoms with Crippen molar-refractivity contribution in [3.63, 3.8) is 0 Å². The zero-order valence-corrected chi connectivity index (χ0v) is 12.0. The summed E-state index contributed by atoms with van der Waals surface area (Å²) >= 11 is 0. The summed E-state index contributed by atoms with van der Waals surface area (Å²) in [6, 6.07) is 1.30. The Bertz CT molecular complexity index is 521. The van der Waals surface area contributed by atoms with Gasteiger partial charge in [-0.15, -0.1) is 0 Å². The molecule has 21 heavy (non-hydrogen) atoms. The normalized spacial score (nSPS) is 11.9. The number of rotatable bonds is 6. The highest BCUT2D eigenvalue weighted by atomic mass is 19.1. The molecule has 0 saturated carbocycles. The molecule has 0 aromatic heterocycles. The van der Waals surface area contributed by atoms with Gasteiger partial charge in [-0.1, -0.05) is 0 Å². The fourth-order valence-electron chi connectivity index (χ4n) is 1.82. The standard InChI is InChI=1S/C14H17F2NO4/c1-4-17(5-2)13(18)8(3)21-12-10(15)6-9(14(19)20)7-11(12)16/h6-8H,4-5H2,1-3H3,(H,19,20). The summed E-state index contributed by atoms with van der Waals surface area (Å²) < 4.78 is 32.4. The molecule has 1 atom stereocenters. The van der Waals surface area contributed by atoms with E-state index in [1.165, 1.54) is 11.8 Å². The number of carboxylic acids is 1. The van der Waals surface area contributed by atoms with Crippen LogP contribution in [0.1, 0.15) is 31.1 Å². The van der Waals surface area contributed by atoms with Crippen molar-refractivity contribution in [2.45, 2.75) is 26.9 Å². The second kappa shape index (κ2) is 7.01. The van der Waals surface area contributed by atoms with E-state index in [0.29, 0.717) is 25.2 Å². The molecule has 0 saturated heterocycles. The van der Waals surface area contributed by atoms with Gasteiger partial charge in [0.05, 0.1) is 5.56 Å². The largest absolute Gasteiger partial charge is 0.478 e. The van der Waals surface area contributed by atoms with Crippen LogP contribution in [-0.4, -0.2) is 41.1 Å². The molecule has 1 aromatic rings. The maximum Gasteiger partial charge on any atom is 0.335 e. The minimum absolute atomic E-state index is 0.402. The van der Waals surface area contributed by atoms with Gasteiger partial charge in [0.15, 0.2) is 23.5 Å². The van der Waals surface area contributed by atoms with Gasteiger partial charge in [-0.3, -0.25) is 4.79 Å². The van der Waals surface area contributed by atoms with Crippen LogP contribution in [0.5, 0.6) is 5.75 Å². The lowest BCUT2D eigenvalue weighted by Gasteiger charge is -2.23. The number of likely N-dealkylation sites (N-methyl/N-ethyl adjacent to an activating group) is 1. The van der Waals surface area contributed by atoms with Crippen molar-refractivity contribution in [3.8, 4) is 5.75 Å². The van der Waals surface area contributed by atoms with Crippen molar-refractivity contribution in [2.75, 3.05) is 13.1 Å². The van der Waals surface area contributed by atoms with Crippen molar-refractivity contribution in [1.29, 1.82) is 0 Å². The number of aromatic carboxylic acids is 1. The van der Waals surface area contributed by atoms with Gasteiger partial charge in [-0.2, -0.15) is 0 Å². The summed E-state index contributed by atoms with van der Waals surface area (Å²) in [6.45, 7) is 5.83. The monoisotopic (exact) mass is 301 g/mol. The predicted octanol–water partition coefficient (Wildman–Crippen LogP) is 2.30. The molecule has 1 amide bonds. The summed E-state index contributed by atoms with van der Waals surface area (Å²) in [6.07, 6.45) is -1.08. The topological polar surface area (TPSA) is 66.8 Å². The molecule has 116 valence electrons. The SMILES string of the molecule is CCN(CC)C(=O)C(C)Oc1c(F)cc(C(=O)O)cc1F. The summed E-state index contributed by atoms with van der Waals surface area (Å²) in [5, 5.41) is 8.70. The van der Waals surface area contributed by atoms with Crippen molar-refractivity contribution in [3.05, 3.63) is 29.3 Å². The maximum absolute atomic E-state index is 13.7. The Balaban J connectivity index is 2.98. The third kappa shape index (κ3) is 3.90. The Morgan fingerprint density at radius 1 is 1.24 bits per heavy atom. The predicted molar refractivity (Wildman–Crippen MR) is 71.3 cm³/mol. The van der Waals surface area contributed by atoms with Crippen LogP contribution in [0, 0.1) is 11.6 Å². The molecule has 1 N–H and O–H groups in total. The smallest absolute Gasteiger partial charge is 0.335 e. The second-order valence-corrected chi connectivity index (χ2v) is 4.34. The zero-order chi connectivity index (χ0) is 16.2. The minimum Gasteiger partial charge on any atom is -0.478 e. The van der Waals surface area contributed by atoms with Crippen molar-refractivity contribution >= 4 is 11.9 Å². The number of carbonyl (C=O) groups is 2. The molecule has 0 fully saturated rings. The van der Waals surface area contributed by atoms with Crippen LogP contribution >= 0.6 is 0 Å². The van der Waals surface area contributed by atoms with Crippen molar-refractivity contribution in [1.82, 2.24) is 4.90 Å². The maximum atomic E-state index is 13.7. The van der Waals surface area contributed by atoms with Gasteiger partial charge in [0.1, 0.15) is 0 Å². The van der Waals surface area contributed by atoms with Crippen LogP contribution in [0.15, 0.2) is 12.1 Å². The van der Waals surface area contributed by atoms with Gasteiger partial charge in [0.25, 0.3) is 5.91 Å². The zero-order valence-electron chi connectivity index (χ0n) is 12.0. The summed E-state index contributed by atoms with van der Waals surface area (Å²) in [5.74, 6) is -4.93. The highest BCUT2D eigenvalue weighted by Crippen LogP contribution is 2.24. The Hall–Kier alpha value is -2.18. The van der Waals surface area contributed by atoms with Gasteiger partial charge < -0.3 is 14.7 Å². The van der Waals surface area contributed by atoms with E-state index in [1.54, 1.807) is 13.8 Å². The van der Waals surface area contributed by atoms with Crippen LogP contribution < -0.4 is 4.74 Å². The first kappa shape index (κ1) is 16.9. The highest BCUT2D eigenvalue weighted by Gasteiger charge is 2.24. The van der Waals surface area contributed by atoms with E-state index < -0.39 is 40.9 Å². The van der Waals surface area contributed by atoms with Gasteiger partial charge in [-0.05, 0) is 32.9 Å². The number of benzene rings is 1. The molecule has 0 heterocycles. The molecule has 7 heteroatoms. The van der Waals surface area contributed by atoms with Crippen LogP contribution in [-0.2, 0) is 4.79 Å². The molecule has 0 spiro atoms. The van der Waals surface area contributed by atoms with Crippen LogP contribution in [0.2, 0.25) is 0 Å². The number of ether oxygens (including phenoxy) is 1. The number of nitrogens with zero attached hydrogens (tertiary/aromatic N) is 1. The van der Waals surface area contributed by atoms with E-state index in [0.717, 1.165) is 0 Å². The average Bonchev–Trinajstić information content (AvgIpc) is 2.43. The van der Waals surface area contributed by atoms with Crippen LogP contribution in [0.25, 0.3) is 0 Å². The van der Waals surface area contributed by atoms with E-state index in [9.17, 15) is 18.4 Å². The van der Waals surface area contributed by atoms with Crippen LogP contribution in [0.4, 0.5) is 8.78 Å². The van der Waals surface area contributed by atoms with Crippen molar-refractivity contribution < 1.29 is 28.2 Å². The molecule has 0 aliphatic rings. The first-order valence-electron chi connectivity index (χ1n) is 6.49. The molecule has 5 nitrogen and oxygen atoms in total. The van der Waals surface area contributed by atoms with E-state index in [4.69, 9.17) is 9.84 Å². The number of amides is 1. The molecular weight excluding hydrogens is 284 g/mol. The van der Waals surface area contributed by atoms with E-state index >= 15 is 0 Å². The highest BCUT2D eigenvalue weighted by molar-refractivity contribution is 5.87. The van der Waals surface area contributed by atoms with Gasteiger partial charge in [0, 0.05) is 13.1 Å². The molecule has 1 unspecified atom stereocenters. The molecule has 0 aliphatic carbocycles. The lowest BCUT2D eigenvalue weighted by Crippen LogP contribution is -2.40. The Morgan fingerprint density at radius 2 is 1.71 bits per heavy atom. The summed E-state index contributed by atoms with van der Waals surface area (Å²) in [4.78, 5) is 24.1. The molecule has 0 aliphatic heterocycles. The number of carboxylic acid groups (broad SMARTS) is 1. The third-order valence-electron chi connectivity index (χ3n) is 2.96. The average molecular weight is 301 g/mol. The summed E-state index contributed by atoms with van der Waals surface area (Å²) in [7, 11) is 0. The first-order chi connectivity index (χ1) is 9.81. The van der Waals surface area contributed by atoms with E-state index in [1.807, 2.05) is 0 Å². The quantitative estimate of drug-likeness (QED) is 0.875. The minimum atomic E-state index is -1.45. The van der Waals surface area contributed by atoms with Crippen molar-refractivity contribution in [2.24, 2.45) is 0 Å². The molecule has 1 aromatic carbocycles. The fourth-order valence-corrected chi connectivity index (χ4v) is 1.82. The lowest BCUT2D eigenvalue weighted by molar-refractivity contribution is -0.137. The number of halogens is 2. The fraction of sp³-hybridized carbons (Fsp3) is 0.429. The molecule has 1 rings (SSSR count). The van der Waals surface area contributed by atoms with E-state index in [-0.39, 0.29) is 0 Å². The van der Waals surface area contributed by atoms with Gasteiger partial charge in [0.2, 0.25) is 0 Å². The number of hydrogen-bond donors (Lipinski definition) is 1. The number of carbonyl (C=O) groups excluding carboxylic acids is 1. The number of hydrogen-bond acceptors (Lipinski definition) is 3. The van der Waals surface area contributed by atoms with E-state index in [2.05, 4.69) is 0 Å². The Kier molecular flexibility index (Phi) is 5.63. The second-order valence-electron chi connectivity index (χ2n) is 4.34. The Morgan fingerprint density at radius 3 is 2.10 bits per heavy atom. The van der Waals surface area contributed by atoms with Gasteiger partial charge >= 0.3 is 5.97 Å². The van der Waals surface area contributed by atoms with Gasteiger partial charge in [-0.25, -0.2) is 13.6 Å². The molecule has 0 radical (unpaired) electrons.